The van der Waals surface area contributed by atoms with Gasteiger partial charge in [0.2, 0.25) is 0 Å². The summed E-state index contributed by atoms with van der Waals surface area (Å²) in [5.41, 5.74) is 3.25. The maximum Gasteiger partial charge on any atom is 0.251 e. The molecule has 0 aliphatic heterocycles. The molecule has 3 aromatic rings. The Hall–Kier alpha value is -2.35. The molecule has 0 atom stereocenters. The number of rotatable bonds is 3. The summed E-state index contributed by atoms with van der Waals surface area (Å²) in [7, 11) is 0. The number of hydrogen-bond acceptors (Lipinski definition) is 6. The number of nitrogens with zero attached hydrogens (tertiary/aromatic N) is 4. The van der Waals surface area contributed by atoms with Crippen molar-refractivity contribution in [3.8, 4) is 0 Å². The molecule has 18 heavy (non-hydrogen) atoms. The predicted molar refractivity (Wildman–Crippen MR) is 65.0 cm³/mol. The average Bonchev–Trinajstić information content (AvgIpc) is 3.05. The highest BCUT2D eigenvalue weighted by Crippen LogP contribution is 2.18. The zero-order valence-electron chi connectivity index (χ0n) is 9.12. The van der Waals surface area contributed by atoms with Crippen LogP contribution in [-0.4, -0.2) is 31.5 Å². The summed E-state index contributed by atoms with van der Waals surface area (Å²) < 4.78 is 0.988. The number of amides is 1. The normalized spacial score (nSPS) is 10.7. The van der Waals surface area contributed by atoms with Gasteiger partial charge in [-0.3, -0.25) is 4.79 Å². The van der Waals surface area contributed by atoms with E-state index in [-0.39, 0.29) is 12.5 Å². The van der Waals surface area contributed by atoms with E-state index in [2.05, 4.69) is 30.9 Å². The second-order valence-electron chi connectivity index (χ2n) is 3.55. The fourth-order valence-electron chi connectivity index (χ4n) is 1.52. The Morgan fingerprint density at radius 1 is 1.44 bits per heavy atom. The lowest BCUT2D eigenvalue weighted by atomic mass is 10.2. The molecule has 0 fully saturated rings. The number of aromatic amines is 1. The lowest BCUT2D eigenvalue weighted by Gasteiger charge is -2.02. The van der Waals surface area contributed by atoms with Crippen molar-refractivity contribution < 1.29 is 4.79 Å². The fraction of sp³-hybridized carbons (Fsp3) is 0.100. The first-order chi connectivity index (χ1) is 8.83. The average molecular weight is 260 g/mol. The quantitative estimate of drug-likeness (QED) is 0.724. The second kappa shape index (κ2) is 4.49. The van der Waals surface area contributed by atoms with Gasteiger partial charge in [-0.05, 0) is 18.2 Å². The highest BCUT2D eigenvalue weighted by molar-refractivity contribution is 7.16. The number of nitrogens with one attached hydrogen (secondary N) is 2. The van der Waals surface area contributed by atoms with E-state index in [4.69, 9.17) is 0 Å². The van der Waals surface area contributed by atoms with E-state index in [1.165, 1.54) is 11.3 Å². The molecular formula is C10H8N6OS. The Kier molecular flexibility index (Phi) is 2.69. The van der Waals surface area contributed by atoms with E-state index < -0.39 is 0 Å². The van der Waals surface area contributed by atoms with Crippen LogP contribution in [0.4, 0.5) is 0 Å². The molecule has 90 valence electrons. The third-order valence-corrected chi connectivity index (χ3v) is 3.18. The summed E-state index contributed by atoms with van der Waals surface area (Å²) in [6.45, 7) is 0.246. The van der Waals surface area contributed by atoms with Crippen LogP contribution in [0.2, 0.25) is 0 Å². The van der Waals surface area contributed by atoms with Gasteiger partial charge in [-0.2, -0.15) is 5.21 Å². The Bertz CT molecular complexity index is 677. The topological polar surface area (TPSA) is 96.5 Å². The van der Waals surface area contributed by atoms with Gasteiger partial charge < -0.3 is 5.32 Å². The van der Waals surface area contributed by atoms with Crippen molar-refractivity contribution >= 4 is 27.5 Å². The molecule has 2 N–H and O–H groups in total. The third kappa shape index (κ3) is 2.05. The second-order valence-corrected chi connectivity index (χ2v) is 4.43. The predicted octanol–water partition coefficient (Wildman–Crippen LogP) is 0.739. The highest BCUT2D eigenvalue weighted by Gasteiger charge is 2.08. The lowest BCUT2D eigenvalue weighted by molar-refractivity contribution is 0.0950. The molecule has 0 saturated heterocycles. The highest BCUT2D eigenvalue weighted by atomic mass is 32.1. The van der Waals surface area contributed by atoms with Crippen molar-refractivity contribution in [2.45, 2.75) is 6.54 Å². The van der Waals surface area contributed by atoms with Gasteiger partial charge in [-0.1, -0.05) is 5.21 Å². The van der Waals surface area contributed by atoms with Gasteiger partial charge in [0.05, 0.1) is 22.3 Å². The minimum absolute atomic E-state index is 0.171. The van der Waals surface area contributed by atoms with E-state index >= 15 is 0 Å². The van der Waals surface area contributed by atoms with Crippen LogP contribution in [0.25, 0.3) is 10.2 Å². The van der Waals surface area contributed by atoms with Gasteiger partial charge in [0.15, 0.2) is 5.82 Å². The number of carbonyl (C=O) groups excluding carboxylic acids is 1. The first-order valence-electron chi connectivity index (χ1n) is 5.17. The summed E-state index contributed by atoms with van der Waals surface area (Å²) in [4.78, 5) is 16.1. The number of H-pyrrole nitrogens is 1. The van der Waals surface area contributed by atoms with Crippen LogP contribution in [0.3, 0.4) is 0 Å². The molecule has 1 aromatic carbocycles. The van der Waals surface area contributed by atoms with Gasteiger partial charge >= 0.3 is 0 Å². The molecule has 0 aliphatic rings. The summed E-state index contributed by atoms with van der Waals surface area (Å²) in [5, 5.41) is 16.0. The third-order valence-electron chi connectivity index (χ3n) is 2.39. The number of benzene rings is 1. The van der Waals surface area contributed by atoms with Crippen LogP contribution in [0.5, 0.6) is 0 Å². The number of fused-ring (bicyclic) bond motifs is 1. The van der Waals surface area contributed by atoms with Gasteiger partial charge in [0.1, 0.15) is 0 Å². The van der Waals surface area contributed by atoms with Crippen LogP contribution >= 0.6 is 11.3 Å². The number of tetrazole rings is 1. The van der Waals surface area contributed by atoms with Gasteiger partial charge in [0.25, 0.3) is 5.91 Å². The van der Waals surface area contributed by atoms with Crippen LogP contribution in [-0.2, 0) is 6.54 Å². The van der Waals surface area contributed by atoms with E-state index in [1.807, 2.05) is 12.1 Å². The zero-order valence-corrected chi connectivity index (χ0v) is 9.94. The largest absolute Gasteiger partial charge is 0.345 e. The van der Waals surface area contributed by atoms with Crippen molar-refractivity contribution in [2.24, 2.45) is 0 Å². The number of carbonyl (C=O) groups is 1. The molecule has 3 rings (SSSR count). The lowest BCUT2D eigenvalue weighted by Crippen LogP contribution is -2.23. The van der Waals surface area contributed by atoms with E-state index in [0.29, 0.717) is 11.4 Å². The summed E-state index contributed by atoms with van der Waals surface area (Å²) in [6, 6.07) is 5.39. The summed E-state index contributed by atoms with van der Waals surface area (Å²) >= 11 is 1.50. The Morgan fingerprint density at radius 3 is 3.22 bits per heavy atom. The maximum atomic E-state index is 11.9. The SMILES string of the molecule is O=C(NCc1nn[nH]n1)c1ccc2ncsc2c1. The van der Waals surface area contributed by atoms with E-state index in [0.717, 1.165) is 10.2 Å². The smallest absolute Gasteiger partial charge is 0.251 e. The van der Waals surface area contributed by atoms with Gasteiger partial charge in [0, 0.05) is 5.56 Å². The Morgan fingerprint density at radius 2 is 2.39 bits per heavy atom. The van der Waals surface area contributed by atoms with Crippen LogP contribution in [0.15, 0.2) is 23.7 Å². The zero-order chi connectivity index (χ0) is 12.4. The molecule has 0 saturated carbocycles. The van der Waals surface area contributed by atoms with Gasteiger partial charge in [-0.25, -0.2) is 4.98 Å². The molecule has 7 nitrogen and oxygen atoms in total. The Labute approximate surface area is 105 Å². The molecule has 0 unspecified atom stereocenters. The molecule has 0 aliphatic carbocycles. The fourth-order valence-corrected chi connectivity index (χ4v) is 2.23. The van der Waals surface area contributed by atoms with Crippen molar-refractivity contribution in [2.75, 3.05) is 0 Å². The van der Waals surface area contributed by atoms with Crippen LogP contribution in [0, 0.1) is 0 Å². The van der Waals surface area contributed by atoms with Crippen molar-refractivity contribution in [1.82, 2.24) is 30.9 Å². The van der Waals surface area contributed by atoms with Gasteiger partial charge in [-0.15, -0.1) is 21.5 Å². The monoisotopic (exact) mass is 260 g/mol. The van der Waals surface area contributed by atoms with Crippen molar-refractivity contribution in [3.63, 3.8) is 0 Å². The summed E-state index contributed by atoms with van der Waals surface area (Å²) in [6.07, 6.45) is 0. The first kappa shape index (κ1) is 10.8. The van der Waals surface area contributed by atoms with Crippen molar-refractivity contribution in [1.29, 1.82) is 0 Å². The molecule has 0 radical (unpaired) electrons. The summed E-state index contributed by atoms with van der Waals surface area (Å²) in [5.74, 6) is 0.275. The minimum atomic E-state index is -0.171. The number of hydrogen-bond donors (Lipinski definition) is 2. The molecule has 0 spiro atoms. The molecule has 2 heterocycles. The standard InChI is InChI=1S/C10H8N6OS/c17-10(11-4-9-13-15-16-14-9)6-1-2-7-8(3-6)18-5-12-7/h1-3,5H,4H2,(H,11,17)(H,13,14,15,16). The Balaban J connectivity index is 1.75. The molecular weight excluding hydrogens is 252 g/mol. The first-order valence-corrected chi connectivity index (χ1v) is 6.04. The number of thiazole rings is 1. The van der Waals surface area contributed by atoms with E-state index in [1.54, 1.807) is 11.6 Å². The molecule has 2 aromatic heterocycles. The van der Waals surface area contributed by atoms with Crippen LogP contribution < -0.4 is 5.32 Å². The number of aromatic nitrogens is 5. The molecule has 1 amide bonds. The van der Waals surface area contributed by atoms with Crippen LogP contribution in [0.1, 0.15) is 16.2 Å². The molecule has 0 bridgehead atoms. The van der Waals surface area contributed by atoms with Crippen molar-refractivity contribution in [3.05, 3.63) is 35.1 Å². The minimum Gasteiger partial charge on any atom is -0.345 e. The molecule has 8 heteroatoms. The maximum absolute atomic E-state index is 11.9. The van der Waals surface area contributed by atoms with E-state index in [9.17, 15) is 4.79 Å².